The van der Waals surface area contributed by atoms with Crippen LogP contribution in [0.25, 0.3) is 0 Å². The zero-order valence-electron chi connectivity index (χ0n) is 11.5. The molecule has 0 amide bonds. The second-order valence-electron chi connectivity index (χ2n) is 5.64. The molecule has 20 heavy (non-hydrogen) atoms. The predicted octanol–water partition coefficient (Wildman–Crippen LogP) is 4.26. The van der Waals surface area contributed by atoms with Crippen molar-refractivity contribution in [3.8, 4) is 0 Å². The van der Waals surface area contributed by atoms with Gasteiger partial charge in [-0.15, -0.1) is 0 Å². The van der Waals surface area contributed by atoms with Crippen LogP contribution in [0.1, 0.15) is 39.5 Å². The molecular formula is C14H18F4N2. The van der Waals surface area contributed by atoms with Crippen LogP contribution in [0.3, 0.4) is 0 Å². The highest BCUT2D eigenvalue weighted by molar-refractivity contribution is 5.46. The molecule has 1 aromatic rings. The Kier molecular flexibility index (Phi) is 4.50. The molecule has 1 fully saturated rings. The van der Waals surface area contributed by atoms with E-state index in [1.54, 1.807) is 0 Å². The molecule has 0 bridgehead atoms. The average molecular weight is 290 g/mol. The number of hydrogen-bond acceptors (Lipinski definition) is 2. The first kappa shape index (κ1) is 15.1. The van der Waals surface area contributed by atoms with Crippen molar-refractivity contribution in [3.63, 3.8) is 0 Å². The number of nitrogens with one attached hydrogen (secondary N) is 1. The van der Waals surface area contributed by atoms with Gasteiger partial charge in [0.05, 0.1) is 0 Å². The molecule has 2 unspecified atom stereocenters. The molecular weight excluding hydrogens is 272 g/mol. The van der Waals surface area contributed by atoms with E-state index in [0.717, 1.165) is 25.7 Å². The number of pyridine rings is 1. The number of aromatic nitrogens is 1. The van der Waals surface area contributed by atoms with Gasteiger partial charge in [0.25, 0.3) is 11.9 Å². The quantitative estimate of drug-likeness (QED) is 0.664. The maximum absolute atomic E-state index is 13.6. The highest BCUT2D eigenvalue weighted by atomic mass is 19.2. The van der Waals surface area contributed by atoms with Crippen LogP contribution in [0.4, 0.5) is 23.2 Å². The molecule has 0 saturated heterocycles. The fourth-order valence-corrected chi connectivity index (χ4v) is 2.94. The fraction of sp³-hybridized carbons (Fsp3) is 0.643. The van der Waals surface area contributed by atoms with Crippen LogP contribution in [-0.2, 0) is 0 Å². The molecule has 2 rings (SSSR count). The Labute approximate surface area is 115 Å². The van der Waals surface area contributed by atoms with Gasteiger partial charge >= 0.3 is 0 Å². The molecule has 1 aliphatic carbocycles. The number of hydrogen-bond donors (Lipinski definition) is 1. The van der Waals surface area contributed by atoms with Gasteiger partial charge in [-0.25, -0.2) is 0 Å². The smallest absolute Gasteiger partial charge is 0.253 e. The normalized spacial score (nSPS) is 23.1. The molecule has 0 aromatic carbocycles. The minimum Gasteiger partial charge on any atom is -0.377 e. The van der Waals surface area contributed by atoms with Crippen LogP contribution in [-0.4, -0.2) is 11.0 Å². The summed E-state index contributed by atoms with van der Waals surface area (Å²) < 4.78 is 53.4. The molecule has 0 radical (unpaired) electrons. The van der Waals surface area contributed by atoms with Crippen molar-refractivity contribution in [2.45, 2.75) is 45.6 Å². The van der Waals surface area contributed by atoms with Gasteiger partial charge in [0.1, 0.15) is 5.69 Å². The van der Waals surface area contributed by atoms with E-state index < -0.39 is 29.2 Å². The van der Waals surface area contributed by atoms with Gasteiger partial charge in [-0.3, -0.25) is 0 Å². The first-order valence-corrected chi connectivity index (χ1v) is 6.88. The summed E-state index contributed by atoms with van der Waals surface area (Å²) in [7, 11) is 0. The molecule has 1 heterocycles. The molecule has 1 aliphatic rings. The minimum absolute atomic E-state index is 0.186. The largest absolute Gasteiger partial charge is 0.377 e. The first-order chi connectivity index (χ1) is 9.41. The van der Waals surface area contributed by atoms with Gasteiger partial charge in [0, 0.05) is 6.04 Å². The molecule has 2 atom stereocenters. The third-order valence-corrected chi connectivity index (χ3v) is 4.00. The van der Waals surface area contributed by atoms with Gasteiger partial charge in [-0.05, 0) is 24.7 Å². The lowest BCUT2D eigenvalue weighted by Crippen LogP contribution is -2.36. The average Bonchev–Trinajstić information content (AvgIpc) is 2.41. The van der Waals surface area contributed by atoms with E-state index in [1.165, 1.54) is 0 Å². The lowest BCUT2D eigenvalue weighted by molar-refractivity contribution is 0.252. The third-order valence-electron chi connectivity index (χ3n) is 4.00. The molecule has 6 heteroatoms. The van der Waals surface area contributed by atoms with E-state index in [1.807, 2.05) is 13.8 Å². The Balaban J connectivity index is 2.29. The van der Waals surface area contributed by atoms with Crippen molar-refractivity contribution < 1.29 is 17.6 Å². The lowest BCUT2D eigenvalue weighted by Gasteiger charge is -2.35. The molecule has 1 aromatic heterocycles. The minimum atomic E-state index is -1.62. The van der Waals surface area contributed by atoms with Crippen LogP contribution >= 0.6 is 0 Å². The summed E-state index contributed by atoms with van der Waals surface area (Å²) in [5, 5.41) is 2.66. The third kappa shape index (κ3) is 2.88. The Bertz CT molecular complexity index is 464. The molecule has 1 saturated carbocycles. The summed E-state index contributed by atoms with van der Waals surface area (Å²) in [5.74, 6) is -5.61. The lowest BCUT2D eigenvalue weighted by atomic mass is 9.78. The van der Waals surface area contributed by atoms with Crippen LogP contribution in [0, 0.1) is 35.4 Å². The van der Waals surface area contributed by atoms with E-state index in [2.05, 4.69) is 10.3 Å². The Hall–Kier alpha value is -1.33. The maximum atomic E-state index is 13.6. The van der Waals surface area contributed by atoms with Gasteiger partial charge in [0.15, 0.2) is 0 Å². The van der Waals surface area contributed by atoms with Gasteiger partial charge in [-0.1, -0.05) is 26.7 Å². The van der Waals surface area contributed by atoms with Crippen molar-refractivity contribution in [2.24, 2.45) is 11.8 Å². The maximum Gasteiger partial charge on any atom is 0.253 e. The zero-order chi connectivity index (χ0) is 14.9. The molecule has 0 spiro atoms. The van der Waals surface area contributed by atoms with Crippen LogP contribution < -0.4 is 5.32 Å². The van der Waals surface area contributed by atoms with Crippen LogP contribution in [0.5, 0.6) is 0 Å². The SMILES string of the molecule is CC(C)C1CCCCC1Nc1c(F)c(F)nc(F)c1F. The van der Waals surface area contributed by atoms with E-state index >= 15 is 0 Å². The van der Waals surface area contributed by atoms with Gasteiger partial charge < -0.3 is 5.32 Å². The van der Waals surface area contributed by atoms with Crippen molar-refractivity contribution >= 4 is 5.69 Å². The second-order valence-corrected chi connectivity index (χ2v) is 5.64. The Morgan fingerprint density at radius 3 is 2.10 bits per heavy atom. The zero-order valence-corrected chi connectivity index (χ0v) is 11.5. The summed E-state index contributed by atoms with van der Waals surface area (Å²) >= 11 is 0. The number of nitrogens with zero attached hydrogens (tertiary/aromatic N) is 1. The summed E-state index contributed by atoms with van der Waals surface area (Å²) in [5.41, 5.74) is -0.743. The van der Waals surface area contributed by atoms with Crippen LogP contribution in [0.15, 0.2) is 0 Å². The number of anilines is 1. The fourth-order valence-electron chi connectivity index (χ4n) is 2.94. The second kappa shape index (κ2) is 5.97. The monoisotopic (exact) mass is 290 g/mol. The predicted molar refractivity (Wildman–Crippen MR) is 68.3 cm³/mol. The van der Waals surface area contributed by atoms with Crippen molar-refractivity contribution in [1.82, 2.24) is 4.98 Å². The van der Waals surface area contributed by atoms with Crippen LogP contribution in [0.2, 0.25) is 0 Å². The Morgan fingerprint density at radius 2 is 1.55 bits per heavy atom. The number of rotatable bonds is 3. The standard InChI is InChI=1S/C14H18F4N2/c1-7(2)8-5-3-4-6-9(8)19-12-10(15)13(17)20-14(18)11(12)16/h7-9H,3-6H2,1-2H3,(H,19,20). The van der Waals surface area contributed by atoms with E-state index in [4.69, 9.17) is 0 Å². The molecule has 2 nitrogen and oxygen atoms in total. The first-order valence-electron chi connectivity index (χ1n) is 6.88. The highest BCUT2D eigenvalue weighted by Crippen LogP contribution is 2.34. The van der Waals surface area contributed by atoms with Crippen molar-refractivity contribution in [1.29, 1.82) is 0 Å². The summed E-state index contributed by atoms with van der Waals surface area (Å²) in [4.78, 5) is 2.56. The summed E-state index contributed by atoms with van der Waals surface area (Å²) in [6.45, 7) is 4.07. The van der Waals surface area contributed by atoms with E-state index in [0.29, 0.717) is 5.92 Å². The van der Waals surface area contributed by atoms with E-state index in [-0.39, 0.29) is 12.0 Å². The van der Waals surface area contributed by atoms with E-state index in [9.17, 15) is 17.6 Å². The summed E-state index contributed by atoms with van der Waals surface area (Å²) in [6, 6.07) is -0.186. The topological polar surface area (TPSA) is 24.9 Å². The van der Waals surface area contributed by atoms with Gasteiger partial charge in [-0.2, -0.15) is 22.5 Å². The number of halogens is 4. The molecule has 112 valence electrons. The van der Waals surface area contributed by atoms with Crippen molar-refractivity contribution in [2.75, 3.05) is 5.32 Å². The summed E-state index contributed by atoms with van der Waals surface area (Å²) in [6.07, 6.45) is 3.66. The highest BCUT2D eigenvalue weighted by Gasteiger charge is 2.30. The molecule has 0 aliphatic heterocycles. The van der Waals surface area contributed by atoms with Crippen molar-refractivity contribution in [3.05, 3.63) is 23.5 Å². The molecule has 1 N–H and O–H groups in total. The Morgan fingerprint density at radius 1 is 1.00 bits per heavy atom. The van der Waals surface area contributed by atoms with Gasteiger partial charge in [0.2, 0.25) is 11.6 Å².